The molecule has 152 valence electrons. The average molecular weight is 494 g/mol. The first-order valence-corrected chi connectivity index (χ1v) is 9.50. The van der Waals surface area contributed by atoms with Gasteiger partial charge in [0, 0.05) is 66.6 Å². The number of pyridine rings is 1. The third-order valence-electron chi connectivity index (χ3n) is 4.85. The van der Waals surface area contributed by atoms with Crippen molar-refractivity contribution in [1.82, 2.24) is 20.1 Å². The number of hydrogen-bond acceptors (Lipinski definition) is 4. The lowest BCUT2D eigenvalue weighted by Crippen LogP contribution is -2.52. The molecule has 1 aliphatic rings. The van der Waals surface area contributed by atoms with Gasteiger partial charge in [0.25, 0.3) is 0 Å². The predicted molar refractivity (Wildman–Crippen MR) is 127 cm³/mol. The minimum absolute atomic E-state index is 0. The van der Waals surface area contributed by atoms with Crippen LogP contribution in [0.1, 0.15) is 11.1 Å². The van der Waals surface area contributed by atoms with Crippen molar-refractivity contribution in [2.75, 3.05) is 52.2 Å². The van der Waals surface area contributed by atoms with Crippen molar-refractivity contribution < 1.29 is 0 Å². The number of guanidine groups is 1. The van der Waals surface area contributed by atoms with E-state index in [0.717, 1.165) is 51.0 Å². The fourth-order valence-electron chi connectivity index (χ4n) is 3.29. The number of aromatic nitrogens is 1. The monoisotopic (exact) mass is 494 g/mol. The fourth-order valence-corrected chi connectivity index (χ4v) is 3.29. The Labute approximate surface area is 185 Å². The second kappa shape index (κ2) is 11.2. The van der Waals surface area contributed by atoms with Crippen LogP contribution in [0.15, 0.2) is 53.7 Å². The molecule has 2 heterocycles. The molecule has 0 bridgehead atoms. The Morgan fingerprint density at radius 2 is 1.79 bits per heavy atom. The topological polar surface area (TPSA) is 47.0 Å². The largest absolute Gasteiger partial charge is 0.363 e. The molecular formula is C21H31IN6. The van der Waals surface area contributed by atoms with Crippen molar-refractivity contribution >= 4 is 35.8 Å². The van der Waals surface area contributed by atoms with Crippen LogP contribution in [0.3, 0.4) is 0 Å². The van der Waals surface area contributed by atoms with Gasteiger partial charge in [-0.15, -0.1) is 24.0 Å². The van der Waals surface area contributed by atoms with E-state index < -0.39 is 0 Å². The van der Waals surface area contributed by atoms with Gasteiger partial charge < -0.3 is 15.1 Å². The minimum atomic E-state index is 0. The standard InChI is InChI=1S/C21H30N6.HI/c1-22-21(24-16-19-9-10-23-20(15-19)25(2)3)27-13-11-26(12-14-27)17-18-7-5-4-6-8-18;/h4-10,15H,11-14,16-17H2,1-3H3,(H,22,24);1H. The summed E-state index contributed by atoms with van der Waals surface area (Å²) in [4.78, 5) is 15.7. The van der Waals surface area contributed by atoms with Crippen molar-refractivity contribution in [3.05, 3.63) is 59.8 Å². The molecule has 7 heteroatoms. The zero-order chi connectivity index (χ0) is 19.1. The SMILES string of the molecule is CN=C(NCc1ccnc(N(C)C)c1)N1CCN(Cc2ccccc2)CC1.I. The van der Waals surface area contributed by atoms with Crippen molar-refractivity contribution in [2.45, 2.75) is 13.1 Å². The molecule has 3 rings (SSSR count). The maximum atomic E-state index is 4.48. The Morgan fingerprint density at radius 1 is 1.07 bits per heavy atom. The van der Waals surface area contributed by atoms with Gasteiger partial charge in [-0.1, -0.05) is 30.3 Å². The Kier molecular flexibility index (Phi) is 8.98. The van der Waals surface area contributed by atoms with Crippen LogP contribution in [0.25, 0.3) is 0 Å². The Hall–Kier alpha value is -1.87. The van der Waals surface area contributed by atoms with Crippen LogP contribution in [0.5, 0.6) is 0 Å². The highest BCUT2D eigenvalue weighted by Crippen LogP contribution is 2.11. The van der Waals surface area contributed by atoms with E-state index in [1.54, 1.807) is 0 Å². The van der Waals surface area contributed by atoms with Crippen LogP contribution in [0, 0.1) is 0 Å². The third-order valence-corrected chi connectivity index (χ3v) is 4.85. The molecule has 1 fully saturated rings. The van der Waals surface area contributed by atoms with Gasteiger partial charge in [0.2, 0.25) is 0 Å². The Bertz CT molecular complexity index is 742. The maximum absolute atomic E-state index is 4.48. The highest BCUT2D eigenvalue weighted by Gasteiger charge is 2.19. The molecule has 2 aromatic rings. The summed E-state index contributed by atoms with van der Waals surface area (Å²) in [7, 11) is 5.87. The van der Waals surface area contributed by atoms with E-state index in [-0.39, 0.29) is 24.0 Å². The lowest BCUT2D eigenvalue weighted by molar-refractivity contribution is 0.172. The van der Waals surface area contributed by atoms with Crippen LogP contribution < -0.4 is 10.2 Å². The number of piperazine rings is 1. The van der Waals surface area contributed by atoms with E-state index in [1.165, 1.54) is 11.1 Å². The van der Waals surface area contributed by atoms with Crippen LogP contribution in [0.2, 0.25) is 0 Å². The number of halogens is 1. The minimum Gasteiger partial charge on any atom is -0.363 e. The molecular weight excluding hydrogens is 463 g/mol. The van der Waals surface area contributed by atoms with Crippen LogP contribution in [0.4, 0.5) is 5.82 Å². The van der Waals surface area contributed by atoms with Gasteiger partial charge in [0.15, 0.2) is 5.96 Å². The Balaban J connectivity index is 0.00000280. The molecule has 0 saturated carbocycles. The number of nitrogens with zero attached hydrogens (tertiary/aromatic N) is 5. The average Bonchev–Trinajstić information content (AvgIpc) is 2.70. The lowest BCUT2D eigenvalue weighted by Gasteiger charge is -2.36. The second-order valence-corrected chi connectivity index (χ2v) is 7.07. The molecule has 1 aromatic carbocycles. The maximum Gasteiger partial charge on any atom is 0.194 e. The molecule has 0 atom stereocenters. The van der Waals surface area contributed by atoms with Crippen LogP contribution >= 0.6 is 24.0 Å². The predicted octanol–water partition coefficient (Wildman–Crippen LogP) is 2.66. The van der Waals surface area contributed by atoms with E-state index in [4.69, 9.17) is 0 Å². The molecule has 1 N–H and O–H groups in total. The number of rotatable bonds is 5. The van der Waals surface area contributed by atoms with Gasteiger partial charge in [0.1, 0.15) is 5.82 Å². The van der Waals surface area contributed by atoms with Gasteiger partial charge in [-0.2, -0.15) is 0 Å². The van der Waals surface area contributed by atoms with E-state index in [9.17, 15) is 0 Å². The van der Waals surface area contributed by atoms with Gasteiger partial charge in [0.05, 0.1) is 0 Å². The first-order valence-electron chi connectivity index (χ1n) is 9.50. The summed E-state index contributed by atoms with van der Waals surface area (Å²) in [5.74, 6) is 1.94. The summed E-state index contributed by atoms with van der Waals surface area (Å²) >= 11 is 0. The van der Waals surface area contributed by atoms with Gasteiger partial charge >= 0.3 is 0 Å². The molecule has 0 spiro atoms. The van der Waals surface area contributed by atoms with E-state index >= 15 is 0 Å². The third kappa shape index (κ3) is 6.34. The van der Waals surface area contributed by atoms with Crippen molar-refractivity contribution in [1.29, 1.82) is 0 Å². The summed E-state index contributed by atoms with van der Waals surface area (Å²) in [6.07, 6.45) is 1.86. The van der Waals surface area contributed by atoms with Crippen molar-refractivity contribution in [3.8, 4) is 0 Å². The molecule has 6 nitrogen and oxygen atoms in total. The smallest absolute Gasteiger partial charge is 0.194 e. The quantitative estimate of drug-likeness (QED) is 0.394. The Morgan fingerprint density at radius 3 is 2.43 bits per heavy atom. The highest BCUT2D eigenvalue weighted by molar-refractivity contribution is 14.0. The lowest BCUT2D eigenvalue weighted by atomic mass is 10.2. The highest BCUT2D eigenvalue weighted by atomic mass is 127. The molecule has 1 saturated heterocycles. The molecule has 28 heavy (non-hydrogen) atoms. The first-order chi connectivity index (χ1) is 13.2. The van der Waals surface area contributed by atoms with Crippen LogP contribution in [-0.2, 0) is 13.1 Å². The zero-order valence-electron chi connectivity index (χ0n) is 17.0. The molecule has 1 aromatic heterocycles. The van der Waals surface area contributed by atoms with Gasteiger partial charge in [-0.05, 0) is 23.3 Å². The summed E-state index contributed by atoms with van der Waals surface area (Å²) < 4.78 is 0. The summed E-state index contributed by atoms with van der Waals surface area (Å²) in [6, 6.07) is 14.8. The second-order valence-electron chi connectivity index (χ2n) is 7.07. The van der Waals surface area contributed by atoms with Crippen molar-refractivity contribution in [3.63, 3.8) is 0 Å². The summed E-state index contributed by atoms with van der Waals surface area (Å²) in [5.41, 5.74) is 2.58. The van der Waals surface area contributed by atoms with Crippen LogP contribution in [-0.4, -0.2) is 68.1 Å². The normalized spacial score (nSPS) is 15.1. The molecule has 0 amide bonds. The number of hydrogen-bond donors (Lipinski definition) is 1. The first kappa shape index (κ1) is 22.4. The number of nitrogens with one attached hydrogen (secondary N) is 1. The number of anilines is 1. The summed E-state index contributed by atoms with van der Waals surface area (Å²) in [6.45, 7) is 5.86. The van der Waals surface area contributed by atoms with Gasteiger partial charge in [-0.25, -0.2) is 4.98 Å². The number of aliphatic imine (C=N–C) groups is 1. The molecule has 1 aliphatic heterocycles. The number of benzene rings is 1. The fraction of sp³-hybridized carbons (Fsp3) is 0.429. The van der Waals surface area contributed by atoms with E-state index in [2.05, 4.69) is 61.5 Å². The molecule has 0 unspecified atom stereocenters. The van der Waals surface area contributed by atoms with E-state index in [0.29, 0.717) is 0 Å². The molecule has 0 aliphatic carbocycles. The van der Waals surface area contributed by atoms with Gasteiger partial charge in [-0.3, -0.25) is 9.89 Å². The summed E-state index contributed by atoms with van der Waals surface area (Å²) in [5, 5.41) is 3.50. The molecule has 0 radical (unpaired) electrons. The van der Waals surface area contributed by atoms with Crippen molar-refractivity contribution in [2.24, 2.45) is 4.99 Å². The van der Waals surface area contributed by atoms with E-state index in [1.807, 2.05) is 38.3 Å². The zero-order valence-corrected chi connectivity index (χ0v) is 19.3.